The summed E-state index contributed by atoms with van der Waals surface area (Å²) in [6.07, 6.45) is 4.55. The van der Waals surface area contributed by atoms with Crippen molar-refractivity contribution in [3.05, 3.63) is 53.8 Å². The maximum atomic E-state index is 13.6. The lowest BCUT2D eigenvalue weighted by molar-refractivity contribution is -0.134. The molecule has 0 spiro atoms. The fourth-order valence-electron chi connectivity index (χ4n) is 5.75. The van der Waals surface area contributed by atoms with Crippen molar-refractivity contribution in [1.29, 1.82) is 0 Å². The van der Waals surface area contributed by atoms with Crippen molar-refractivity contribution in [3.8, 4) is 5.75 Å². The van der Waals surface area contributed by atoms with Gasteiger partial charge in [0.15, 0.2) is 0 Å². The Morgan fingerprint density at radius 2 is 1.90 bits per heavy atom. The third-order valence-electron chi connectivity index (χ3n) is 7.98. The van der Waals surface area contributed by atoms with Gasteiger partial charge in [0.2, 0.25) is 5.91 Å². The van der Waals surface area contributed by atoms with Crippen molar-refractivity contribution in [2.45, 2.75) is 61.7 Å². The number of hydrogen-bond acceptors (Lipinski definition) is 7. The number of anilines is 1. The minimum Gasteiger partial charge on any atom is -0.490 e. The molecule has 2 aromatic carbocycles. The van der Waals surface area contributed by atoms with E-state index >= 15 is 0 Å². The van der Waals surface area contributed by atoms with E-state index in [1.807, 2.05) is 0 Å². The van der Waals surface area contributed by atoms with Crippen LogP contribution in [0.15, 0.2) is 47.4 Å². The highest BCUT2D eigenvalue weighted by atomic mass is 32.2. The van der Waals surface area contributed by atoms with Gasteiger partial charge in [-0.05, 0) is 75.2 Å². The average Bonchev–Trinajstić information content (AvgIpc) is 2.95. The van der Waals surface area contributed by atoms with Gasteiger partial charge in [0.25, 0.3) is 15.9 Å². The van der Waals surface area contributed by atoms with Crippen LogP contribution in [0.2, 0.25) is 0 Å². The Kier molecular flexibility index (Phi) is 9.10. The van der Waals surface area contributed by atoms with E-state index < -0.39 is 21.9 Å². The summed E-state index contributed by atoms with van der Waals surface area (Å²) in [5, 5.41) is 3.01. The SMILES string of the molecule is CN1C(=O)c2cc(NS(=O)(=O)c3cccc(F)c3)ccc2OC[C@@H]2O[C@H](CC(=O)NCCN3CCCCC3)CC[C@@H]21. The van der Waals surface area contributed by atoms with Gasteiger partial charge in [-0.2, -0.15) is 0 Å². The van der Waals surface area contributed by atoms with Gasteiger partial charge in [-0.3, -0.25) is 14.3 Å². The highest BCUT2D eigenvalue weighted by Crippen LogP contribution is 2.33. The van der Waals surface area contributed by atoms with Gasteiger partial charge in [-0.15, -0.1) is 0 Å². The van der Waals surface area contributed by atoms with Crippen LogP contribution in [0.3, 0.4) is 0 Å². The highest BCUT2D eigenvalue weighted by Gasteiger charge is 2.39. The first-order valence-corrected chi connectivity index (χ1v) is 15.6. The van der Waals surface area contributed by atoms with Crippen LogP contribution >= 0.6 is 0 Å². The standard InChI is InChI=1S/C29H37FN4O6S/c1-33-25-10-9-22(18-28(35)31-12-15-34-13-3-2-4-14-34)40-27(25)19-39-26-11-8-21(17-24(26)29(33)36)32-41(37,38)23-7-5-6-20(30)16-23/h5-8,11,16-17,22,25,27,32H,2-4,9-10,12-15,18-19H2,1H3,(H,31,35)/t22-,25-,27-/m0/s1. The number of sulfonamides is 1. The fraction of sp³-hybridized carbons (Fsp3) is 0.517. The van der Waals surface area contributed by atoms with Crippen LogP contribution in [-0.2, 0) is 19.6 Å². The summed E-state index contributed by atoms with van der Waals surface area (Å²) < 4.78 is 53.8. The molecular weight excluding hydrogens is 551 g/mol. The Labute approximate surface area is 240 Å². The molecule has 0 radical (unpaired) electrons. The Morgan fingerprint density at radius 1 is 1.10 bits per heavy atom. The Bertz CT molecular complexity index is 1370. The predicted octanol–water partition coefficient (Wildman–Crippen LogP) is 3.00. The second kappa shape index (κ2) is 12.7. The van der Waals surface area contributed by atoms with Crippen LogP contribution in [0, 0.1) is 5.82 Å². The van der Waals surface area contributed by atoms with Crippen molar-refractivity contribution < 1.29 is 31.9 Å². The molecule has 41 heavy (non-hydrogen) atoms. The Balaban J connectivity index is 1.20. The monoisotopic (exact) mass is 588 g/mol. The zero-order valence-electron chi connectivity index (χ0n) is 23.2. The first kappa shape index (κ1) is 29.3. The summed E-state index contributed by atoms with van der Waals surface area (Å²) in [6, 6.07) is 8.86. The van der Waals surface area contributed by atoms with Gasteiger partial charge in [-0.1, -0.05) is 12.5 Å². The smallest absolute Gasteiger partial charge is 0.261 e. The lowest BCUT2D eigenvalue weighted by Crippen LogP contribution is -2.54. The van der Waals surface area contributed by atoms with Crippen molar-refractivity contribution in [2.75, 3.05) is 44.6 Å². The van der Waals surface area contributed by atoms with E-state index in [4.69, 9.17) is 9.47 Å². The lowest BCUT2D eigenvalue weighted by atomic mass is 9.94. The molecule has 3 aliphatic rings. The van der Waals surface area contributed by atoms with Gasteiger partial charge < -0.3 is 24.6 Å². The topological polar surface area (TPSA) is 117 Å². The summed E-state index contributed by atoms with van der Waals surface area (Å²) in [5.74, 6) is -0.745. The molecule has 0 unspecified atom stereocenters. The quantitative estimate of drug-likeness (QED) is 0.487. The fourth-order valence-corrected chi connectivity index (χ4v) is 6.84. The third kappa shape index (κ3) is 7.17. The van der Waals surface area contributed by atoms with E-state index in [0.29, 0.717) is 25.1 Å². The molecule has 0 saturated carbocycles. The number of halogens is 1. The van der Waals surface area contributed by atoms with Crippen molar-refractivity contribution >= 4 is 27.5 Å². The van der Waals surface area contributed by atoms with Crippen molar-refractivity contribution in [1.82, 2.24) is 15.1 Å². The number of benzene rings is 2. The molecule has 2 aromatic rings. The van der Waals surface area contributed by atoms with Crippen molar-refractivity contribution in [3.63, 3.8) is 0 Å². The normalized spacial score (nSPS) is 23.4. The molecule has 2 amide bonds. The number of fused-ring (bicyclic) bond motifs is 2. The number of likely N-dealkylation sites (tertiary alicyclic amines) is 1. The van der Waals surface area contributed by atoms with E-state index in [9.17, 15) is 22.4 Å². The minimum absolute atomic E-state index is 0.0415. The van der Waals surface area contributed by atoms with Gasteiger partial charge >= 0.3 is 0 Å². The highest BCUT2D eigenvalue weighted by molar-refractivity contribution is 7.92. The minimum atomic E-state index is -4.07. The number of ether oxygens (including phenoxy) is 2. The number of carbonyl (C=O) groups excluding carboxylic acids is 2. The summed E-state index contributed by atoms with van der Waals surface area (Å²) >= 11 is 0. The number of carbonyl (C=O) groups is 2. The molecule has 2 saturated heterocycles. The van der Waals surface area contributed by atoms with Gasteiger partial charge in [0.1, 0.15) is 24.3 Å². The van der Waals surface area contributed by atoms with E-state index in [1.165, 1.54) is 49.6 Å². The Morgan fingerprint density at radius 3 is 2.68 bits per heavy atom. The van der Waals surface area contributed by atoms with Crippen LogP contribution in [0.5, 0.6) is 5.75 Å². The molecule has 5 rings (SSSR count). The first-order valence-electron chi connectivity index (χ1n) is 14.2. The number of nitrogens with zero attached hydrogens (tertiary/aromatic N) is 2. The van der Waals surface area contributed by atoms with Gasteiger partial charge in [0, 0.05) is 25.8 Å². The number of piperidine rings is 1. The third-order valence-corrected chi connectivity index (χ3v) is 9.36. The molecule has 2 fully saturated rings. The maximum absolute atomic E-state index is 13.6. The number of nitrogens with one attached hydrogen (secondary N) is 2. The number of rotatable bonds is 8. The molecule has 222 valence electrons. The predicted molar refractivity (Wildman–Crippen MR) is 151 cm³/mol. The number of amides is 2. The molecule has 3 aliphatic heterocycles. The van der Waals surface area contributed by atoms with Gasteiger partial charge in [0.05, 0.1) is 29.0 Å². The molecule has 10 nitrogen and oxygen atoms in total. The summed E-state index contributed by atoms with van der Waals surface area (Å²) in [7, 11) is -2.38. The maximum Gasteiger partial charge on any atom is 0.261 e. The molecule has 3 atom stereocenters. The van der Waals surface area contributed by atoms with Crippen LogP contribution < -0.4 is 14.8 Å². The number of hydrogen-bond donors (Lipinski definition) is 2. The second-order valence-electron chi connectivity index (χ2n) is 10.9. The molecule has 0 bridgehead atoms. The number of likely N-dealkylation sites (N-methyl/N-ethyl adjacent to an activating group) is 1. The van der Waals surface area contributed by atoms with E-state index in [0.717, 1.165) is 31.8 Å². The van der Waals surface area contributed by atoms with E-state index in [2.05, 4.69) is 14.9 Å². The zero-order valence-corrected chi connectivity index (χ0v) is 24.0. The van der Waals surface area contributed by atoms with Gasteiger partial charge in [-0.25, -0.2) is 12.8 Å². The summed E-state index contributed by atoms with van der Waals surface area (Å²) in [4.78, 5) is 29.8. The van der Waals surface area contributed by atoms with Crippen LogP contribution in [0.25, 0.3) is 0 Å². The molecule has 3 heterocycles. The van der Waals surface area contributed by atoms with Crippen LogP contribution in [-0.4, -0.2) is 88.1 Å². The largest absolute Gasteiger partial charge is 0.490 e. The Hall–Kier alpha value is -3.22. The van der Waals surface area contributed by atoms with Crippen LogP contribution in [0.1, 0.15) is 48.9 Å². The molecule has 0 aliphatic carbocycles. The summed E-state index contributed by atoms with van der Waals surface area (Å²) in [5.41, 5.74) is 0.363. The average molecular weight is 589 g/mol. The molecule has 0 aromatic heterocycles. The van der Waals surface area contributed by atoms with Crippen LogP contribution in [0.4, 0.5) is 10.1 Å². The second-order valence-corrected chi connectivity index (χ2v) is 12.6. The zero-order chi connectivity index (χ0) is 29.0. The lowest BCUT2D eigenvalue weighted by Gasteiger charge is -2.42. The van der Waals surface area contributed by atoms with E-state index in [1.54, 1.807) is 11.9 Å². The van der Waals surface area contributed by atoms with Crippen molar-refractivity contribution in [2.24, 2.45) is 0 Å². The molecule has 12 heteroatoms. The summed E-state index contributed by atoms with van der Waals surface area (Å²) in [6.45, 7) is 3.83. The molecular formula is C29H37FN4O6S. The van der Waals surface area contributed by atoms with E-state index in [-0.39, 0.29) is 53.1 Å². The molecule has 2 N–H and O–H groups in total. The first-order chi connectivity index (χ1) is 19.7.